The number of aromatic nitrogens is 2. The molecule has 1 aromatic carbocycles. The number of rotatable bonds is 3. The zero-order valence-corrected chi connectivity index (χ0v) is 11.5. The average molecular weight is 263 g/mol. The fourth-order valence-corrected chi connectivity index (χ4v) is 2.23. The van der Waals surface area contributed by atoms with Crippen molar-refractivity contribution in [3.8, 4) is 0 Å². The van der Waals surface area contributed by atoms with Gasteiger partial charge in [-0.15, -0.1) is 0 Å². The molecule has 99 valence electrons. The molecule has 20 heavy (non-hydrogen) atoms. The van der Waals surface area contributed by atoms with Crippen molar-refractivity contribution in [2.24, 2.45) is 0 Å². The number of aromatic amines is 1. The van der Waals surface area contributed by atoms with Crippen LogP contribution in [0.1, 0.15) is 34.2 Å². The van der Waals surface area contributed by atoms with Crippen molar-refractivity contribution in [1.82, 2.24) is 9.97 Å². The van der Waals surface area contributed by atoms with E-state index in [2.05, 4.69) is 35.1 Å². The summed E-state index contributed by atoms with van der Waals surface area (Å²) in [5.41, 5.74) is 4.11. The Hall–Kier alpha value is -2.42. The summed E-state index contributed by atoms with van der Waals surface area (Å²) in [5, 5.41) is 0.929. The maximum atomic E-state index is 12.4. The van der Waals surface area contributed by atoms with Crippen LogP contribution in [0.4, 0.5) is 0 Å². The van der Waals surface area contributed by atoms with Gasteiger partial charge in [-0.25, -0.2) is 0 Å². The Morgan fingerprint density at radius 1 is 1.30 bits per heavy atom. The molecule has 0 atom stereocenters. The van der Waals surface area contributed by atoms with E-state index in [1.54, 1.807) is 12.3 Å². The lowest BCUT2D eigenvalue weighted by molar-refractivity contribution is 0.103. The first-order chi connectivity index (χ1) is 9.67. The molecule has 0 saturated carbocycles. The average Bonchev–Trinajstić information content (AvgIpc) is 2.89. The van der Waals surface area contributed by atoms with E-state index in [4.69, 9.17) is 0 Å². The monoisotopic (exact) mass is 263 g/mol. The second kappa shape index (κ2) is 4.93. The summed E-state index contributed by atoms with van der Waals surface area (Å²) in [6, 6.07) is 12.9. The van der Waals surface area contributed by atoms with Crippen LogP contribution in [0.15, 0.2) is 36.5 Å². The van der Waals surface area contributed by atoms with Crippen molar-refractivity contribution in [2.75, 3.05) is 0 Å². The number of pyridine rings is 1. The van der Waals surface area contributed by atoms with E-state index in [9.17, 15) is 4.79 Å². The molecular weight excluding hydrogens is 248 g/mol. The highest BCUT2D eigenvalue weighted by atomic mass is 16.1. The number of hydrogen-bond acceptors (Lipinski definition) is 2. The van der Waals surface area contributed by atoms with Crippen molar-refractivity contribution in [3.63, 3.8) is 0 Å². The molecule has 0 amide bonds. The Morgan fingerprint density at radius 3 is 2.90 bits per heavy atom. The van der Waals surface area contributed by atoms with Gasteiger partial charge in [0.25, 0.3) is 0 Å². The lowest BCUT2D eigenvalue weighted by Crippen LogP contribution is -2.04. The van der Waals surface area contributed by atoms with Crippen molar-refractivity contribution >= 4 is 16.7 Å². The van der Waals surface area contributed by atoms with Crippen LogP contribution in [0, 0.1) is 13.0 Å². The second-order valence-corrected chi connectivity index (χ2v) is 4.91. The van der Waals surface area contributed by atoms with Gasteiger partial charge in [-0.1, -0.05) is 19.1 Å². The zero-order valence-electron chi connectivity index (χ0n) is 11.5. The number of fused-ring (bicyclic) bond motifs is 1. The molecule has 0 saturated heterocycles. The van der Waals surface area contributed by atoms with Crippen molar-refractivity contribution in [3.05, 3.63) is 65.1 Å². The van der Waals surface area contributed by atoms with Crippen LogP contribution in [-0.2, 0) is 6.42 Å². The fraction of sp³-hybridized carbons (Fsp3) is 0.176. The number of nitrogens with one attached hydrogen (secondary N) is 1. The van der Waals surface area contributed by atoms with Gasteiger partial charge in [0.1, 0.15) is 5.69 Å². The minimum atomic E-state index is -0.122. The minimum Gasteiger partial charge on any atom is -0.351 e. The summed E-state index contributed by atoms with van der Waals surface area (Å²) in [4.78, 5) is 19.7. The van der Waals surface area contributed by atoms with E-state index in [-0.39, 0.29) is 5.78 Å². The zero-order chi connectivity index (χ0) is 14.1. The van der Waals surface area contributed by atoms with Gasteiger partial charge < -0.3 is 4.98 Å². The van der Waals surface area contributed by atoms with Crippen molar-refractivity contribution < 1.29 is 4.79 Å². The number of nitrogens with zero attached hydrogens (tertiary/aromatic N) is 1. The fourth-order valence-electron chi connectivity index (χ4n) is 2.23. The van der Waals surface area contributed by atoms with Gasteiger partial charge >= 0.3 is 0 Å². The van der Waals surface area contributed by atoms with Crippen LogP contribution in [0.3, 0.4) is 0 Å². The summed E-state index contributed by atoms with van der Waals surface area (Å²) in [6.07, 6.45) is 2.62. The molecule has 2 heterocycles. The molecule has 0 aliphatic heterocycles. The lowest BCUT2D eigenvalue weighted by atomic mass is 10.1. The minimum absolute atomic E-state index is 0.122. The number of aryl methyl sites for hydroxylation is 2. The Morgan fingerprint density at radius 2 is 2.15 bits per heavy atom. The van der Waals surface area contributed by atoms with Crippen LogP contribution in [0.25, 0.3) is 10.9 Å². The van der Waals surface area contributed by atoms with Crippen LogP contribution in [0.2, 0.25) is 0 Å². The van der Waals surface area contributed by atoms with E-state index in [1.165, 1.54) is 5.56 Å². The van der Waals surface area contributed by atoms with E-state index in [1.807, 2.05) is 19.1 Å². The highest BCUT2D eigenvalue weighted by molar-refractivity contribution is 6.08. The summed E-state index contributed by atoms with van der Waals surface area (Å²) >= 11 is 0. The van der Waals surface area contributed by atoms with Crippen LogP contribution in [-0.4, -0.2) is 15.8 Å². The number of carbonyl (C=O) groups is 1. The molecule has 0 aliphatic rings. The van der Waals surface area contributed by atoms with Gasteiger partial charge in [-0.05, 0) is 42.7 Å². The highest BCUT2D eigenvalue weighted by Crippen LogP contribution is 2.18. The molecule has 3 heteroatoms. The molecule has 0 aliphatic carbocycles. The number of H-pyrrole nitrogens is 1. The smallest absolute Gasteiger partial charge is 0.228 e. The van der Waals surface area contributed by atoms with E-state index < -0.39 is 0 Å². The molecule has 0 fully saturated rings. The molecule has 3 rings (SSSR count). The third-order valence-electron chi connectivity index (χ3n) is 3.39. The summed E-state index contributed by atoms with van der Waals surface area (Å²) < 4.78 is 0. The Labute approximate surface area is 117 Å². The number of hydrogen-bond donors (Lipinski definition) is 1. The maximum Gasteiger partial charge on any atom is 0.228 e. The molecule has 1 radical (unpaired) electrons. The summed E-state index contributed by atoms with van der Waals surface area (Å²) in [5.74, 6) is -0.122. The third kappa shape index (κ3) is 2.23. The topological polar surface area (TPSA) is 45.8 Å². The molecule has 1 N–H and O–H groups in total. The van der Waals surface area contributed by atoms with E-state index in [0.717, 1.165) is 22.9 Å². The first-order valence-electron chi connectivity index (χ1n) is 6.68. The van der Waals surface area contributed by atoms with E-state index >= 15 is 0 Å². The Bertz CT molecular complexity index is 787. The lowest BCUT2D eigenvalue weighted by Gasteiger charge is -1.98. The molecule has 3 aromatic rings. The van der Waals surface area contributed by atoms with Crippen LogP contribution < -0.4 is 0 Å². The molecule has 3 nitrogen and oxygen atoms in total. The van der Waals surface area contributed by atoms with Crippen LogP contribution >= 0.6 is 0 Å². The molecule has 0 spiro atoms. The first-order valence-corrected chi connectivity index (χ1v) is 6.68. The molecule has 0 bridgehead atoms. The predicted molar refractivity (Wildman–Crippen MR) is 78.9 cm³/mol. The molecular formula is C17H15N2O. The maximum absolute atomic E-state index is 12.4. The Kier molecular flexibility index (Phi) is 3.11. The van der Waals surface area contributed by atoms with Crippen molar-refractivity contribution in [2.45, 2.75) is 20.3 Å². The number of ketones is 1. The van der Waals surface area contributed by atoms with Gasteiger partial charge in [0.05, 0.1) is 5.69 Å². The van der Waals surface area contributed by atoms with Gasteiger partial charge in [-0.2, -0.15) is 0 Å². The predicted octanol–water partition coefficient (Wildman–Crippen LogP) is 3.46. The van der Waals surface area contributed by atoms with Gasteiger partial charge in [-0.3, -0.25) is 9.78 Å². The number of benzene rings is 1. The largest absolute Gasteiger partial charge is 0.351 e. The van der Waals surface area contributed by atoms with Gasteiger partial charge in [0.15, 0.2) is 0 Å². The Balaban J connectivity index is 2.03. The summed E-state index contributed by atoms with van der Waals surface area (Å²) in [6.45, 7) is 4.05. The van der Waals surface area contributed by atoms with Crippen LogP contribution in [0.5, 0.6) is 0 Å². The number of carbonyl (C=O) groups excluding carboxylic acids is 1. The molecule has 2 aromatic heterocycles. The van der Waals surface area contributed by atoms with E-state index in [0.29, 0.717) is 11.4 Å². The second-order valence-electron chi connectivity index (χ2n) is 4.91. The van der Waals surface area contributed by atoms with Gasteiger partial charge in [0.2, 0.25) is 5.78 Å². The quantitative estimate of drug-likeness (QED) is 0.735. The standard InChI is InChI=1S/C17H15N2O/c1-3-12-4-5-13-10-16(19-14(13)9-12)17(20)15-8-11(2)6-7-18-15/h4-9,19H,3H2,1-2H3. The third-order valence-corrected chi connectivity index (χ3v) is 3.39. The summed E-state index contributed by atoms with van der Waals surface area (Å²) in [7, 11) is 0. The first kappa shape index (κ1) is 12.6. The van der Waals surface area contributed by atoms with Gasteiger partial charge in [0, 0.05) is 23.2 Å². The SMILES string of the molecule is CCc1ccc2[c]c(C(=O)c3cc(C)ccn3)[nH]c2c1. The van der Waals surface area contributed by atoms with Crippen molar-refractivity contribution in [1.29, 1.82) is 0 Å². The normalized spacial score (nSPS) is 10.9. The highest BCUT2D eigenvalue weighted by Gasteiger charge is 2.14. The molecule has 0 unspecified atom stereocenters.